The van der Waals surface area contributed by atoms with E-state index in [2.05, 4.69) is 25.4 Å². The molecule has 1 aromatic rings. The lowest BCUT2D eigenvalue weighted by Crippen LogP contribution is -2.26. The number of anilines is 1. The fourth-order valence-corrected chi connectivity index (χ4v) is 1.97. The van der Waals surface area contributed by atoms with Crippen LogP contribution in [0.3, 0.4) is 0 Å². The van der Waals surface area contributed by atoms with Gasteiger partial charge in [-0.2, -0.15) is 8.42 Å². The Kier molecular flexibility index (Phi) is 3.75. The number of benzene rings is 1. The van der Waals surface area contributed by atoms with E-state index in [1.54, 1.807) is 12.1 Å². The summed E-state index contributed by atoms with van der Waals surface area (Å²) < 4.78 is 28.1. The lowest BCUT2D eigenvalue weighted by molar-refractivity contribution is 0.593. The van der Waals surface area contributed by atoms with Crippen LogP contribution in [0.15, 0.2) is 16.6 Å². The Bertz CT molecular complexity index is 448. The van der Waals surface area contributed by atoms with Gasteiger partial charge in [0.05, 0.1) is 5.69 Å². The van der Waals surface area contributed by atoms with Gasteiger partial charge < -0.3 is 0 Å². The molecule has 0 unspecified atom stereocenters. The van der Waals surface area contributed by atoms with E-state index < -0.39 is 10.2 Å². The van der Waals surface area contributed by atoms with E-state index in [1.165, 1.54) is 7.05 Å². The van der Waals surface area contributed by atoms with Gasteiger partial charge in [0.25, 0.3) is 10.2 Å². The molecule has 0 aliphatic heterocycles. The highest BCUT2D eigenvalue weighted by molar-refractivity contribution is 9.10. The number of aryl methyl sites for hydroxylation is 2. The van der Waals surface area contributed by atoms with E-state index in [0.717, 1.165) is 15.6 Å². The first-order chi connectivity index (χ1) is 6.85. The molecule has 0 saturated carbocycles. The minimum Gasteiger partial charge on any atom is -0.271 e. The summed E-state index contributed by atoms with van der Waals surface area (Å²) in [6.45, 7) is 3.82. The summed E-state index contributed by atoms with van der Waals surface area (Å²) in [5, 5.41) is 0. The van der Waals surface area contributed by atoms with Crippen molar-refractivity contribution in [1.29, 1.82) is 0 Å². The van der Waals surface area contributed by atoms with Gasteiger partial charge in [-0.05, 0) is 37.1 Å². The average molecular weight is 293 g/mol. The van der Waals surface area contributed by atoms with E-state index in [9.17, 15) is 8.42 Å². The largest absolute Gasteiger partial charge is 0.298 e. The van der Waals surface area contributed by atoms with Crippen molar-refractivity contribution >= 4 is 31.8 Å². The maximum atomic E-state index is 11.2. The van der Waals surface area contributed by atoms with Crippen molar-refractivity contribution in [2.45, 2.75) is 13.8 Å². The number of nitrogens with one attached hydrogen (secondary N) is 2. The van der Waals surface area contributed by atoms with Gasteiger partial charge in [0, 0.05) is 11.5 Å². The van der Waals surface area contributed by atoms with E-state index >= 15 is 0 Å². The zero-order valence-electron chi connectivity index (χ0n) is 8.76. The quantitative estimate of drug-likeness (QED) is 0.895. The highest BCUT2D eigenvalue weighted by atomic mass is 79.9. The maximum Gasteiger partial charge on any atom is 0.298 e. The maximum absolute atomic E-state index is 11.2. The Labute approximate surface area is 98.4 Å². The molecule has 1 rings (SSSR count). The second-order valence-corrected chi connectivity index (χ2v) is 5.65. The van der Waals surface area contributed by atoms with Gasteiger partial charge in [-0.15, -0.1) is 0 Å². The lowest BCUT2D eigenvalue weighted by Gasteiger charge is -2.10. The molecule has 0 fully saturated rings. The molecule has 84 valence electrons. The summed E-state index contributed by atoms with van der Waals surface area (Å²) in [6.07, 6.45) is 0. The van der Waals surface area contributed by atoms with E-state index in [-0.39, 0.29) is 0 Å². The van der Waals surface area contributed by atoms with Crippen molar-refractivity contribution in [3.8, 4) is 0 Å². The summed E-state index contributed by atoms with van der Waals surface area (Å²) in [4.78, 5) is 0. The fourth-order valence-electron chi connectivity index (χ4n) is 1.21. The number of halogens is 1. The van der Waals surface area contributed by atoms with Crippen molar-refractivity contribution in [2.75, 3.05) is 11.8 Å². The summed E-state index contributed by atoms with van der Waals surface area (Å²) in [5.74, 6) is 0. The molecule has 0 amide bonds. The number of hydrogen-bond acceptors (Lipinski definition) is 2. The summed E-state index contributed by atoms with van der Waals surface area (Å²) in [7, 11) is -2.07. The minimum absolute atomic E-state index is 0.558. The van der Waals surface area contributed by atoms with Crippen LogP contribution in [0.25, 0.3) is 0 Å². The molecule has 0 spiro atoms. The lowest BCUT2D eigenvalue weighted by atomic mass is 10.1. The van der Waals surface area contributed by atoms with Crippen molar-refractivity contribution in [2.24, 2.45) is 0 Å². The van der Waals surface area contributed by atoms with Crippen LogP contribution < -0.4 is 9.44 Å². The molecule has 4 nitrogen and oxygen atoms in total. The monoisotopic (exact) mass is 292 g/mol. The smallest absolute Gasteiger partial charge is 0.271 e. The molecule has 0 atom stereocenters. The molecular formula is C9H13BrN2O2S. The summed E-state index contributed by atoms with van der Waals surface area (Å²) in [5.41, 5.74) is 2.54. The second kappa shape index (κ2) is 4.51. The number of rotatable bonds is 3. The summed E-state index contributed by atoms with van der Waals surface area (Å²) in [6, 6.07) is 3.54. The third-order valence-electron chi connectivity index (χ3n) is 1.96. The fraction of sp³-hybridized carbons (Fsp3) is 0.333. The molecule has 0 bridgehead atoms. The molecule has 1 aromatic carbocycles. The van der Waals surface area contributed by atoms with Gasteiger partial charge in [-0.25, -0.2) is 4.72 Å². The first kappa shape index (κ1) is 12.5. The molecule has 2 N–H and O–H groups in total. The third-order valence-corrected chi connectivity index (χ3v) is 4.25. The van der Waals surface area contributed by atoms with Gasteiger partial charge in [-0.1, -0.05) is 15.9 Å². The molecule has 0 aliphatic rings. The van der Waals surface area contributed by atoms with Crippen molar-refractivity contribution in [3.63, 3.8) is 0 Å². The van der Waals surface area contributed by atoms with Gasteiger partial charge in [0.1, 0.15) is 0 Å². The van der Waals surface area contributed by atoms with Crippen molar-refractivity contribution in [1.82, 2.24) is 4.72 Å². The van der Waals surface area contributed by atoms with Gasteiger partial charge in [-0.3, -0.25) is 4.72 Å². The van der Waals surface area contributed by atoms with Crippen LogP contribution in [0.5, 0.6) is 0 Å². The molecule has 0 aliphatic carbocycles. The standard InChI is InChI=1S/C9H13BrN2O2S/c1-6-4-8(5-7(2)9(6)10)12-15(13,14)11-3/h4-5,11-12H,1-3H3. The molecule has 0 heterocycles. The first-order valence-corrected chi connectivity index (χ1v) is 6.61. The van der Waals surface area contributed by atoms with E-state index in [4.69, 9.17) is 0 Å². The Morgan fingerprint density at radius 3 is 2.07 bits per heavy atom. The second-order valence-electron chi connectivity index (χ2n) is 3.23. The third kappa shape index (κ3) is 3.19. The molecule has 6 heteroatoms. The average Bonchev–Trinajstić information content (AvgIpc) is 2.13. The van der Waals surface area contributed by atoms with Crippen LogP contribution in [-0.4, -0.2) is 15.5 Å². The topological polar surface area (TPSA) is 58.2 Å². The van der Waals surface area contributed by atoms with Gasteiger partial charge in [0.15, 0.2) is 0 Å². The minimum atomic E-state index is -3.43. The Morgan fingerprint density at radius 1 is 1.20 bits per heavy atom. The van der Waals surface area contributed by atoms with Crippen LogP contribution in [-0.2, 0) is 10.2 Å². The Balaban J connectivity index is 3.08. The predicted octanol–water partition coefficient (Wildman–Crippen LogP) is 1.94. The van der Waals surface area contributed by atoms with Crippen LogP contribution in [0.1, 0.15) is 11.1 Å². The molecular weight excluding hydrogens is 280 g/mol. The van der Waals surface area contributed by atoms with E-state index in [1.807, 2.05) is 13.8 Å². The van der Waals surface area contributed by atoms with Gasteiger partial charge in [0.2, 0.25) is 0 Å². The van der Waals surface area contributed by atoms with Crippen LogP contribution >= 0.6 is 15.9 Å². The highest BCUT2D eigenvalue weighted by Crippen LogP contribution is 2.25. The predicted molar refractivity (Wildman–Crippen MR) is 65.2 cm³/mol. The summed E-state index contributed by atoms with van der Waals surface area (Å²) >= 11 is 3.42. The van der Waals surface area contributed by atoms with E-state index in [0.29, 0.717) is 5.69 Å². The zero-order chi connectivity index (χ0) is 11.6. The molecule has 0 radical (unpaired) electrons. The molecule has 0 saturated heterocycles. The zero-order valence-corrected chi connectivity index (χ0v) is 11.2. The molecule has 15 heavy (non-hydrogen) atoms. The van der Waals surface area contributed by atoms with Crippen LogP contribution in [0.2, 0.25) is 0 Å². The molecule has 0 aromatic heterocycles. The van der Waals surface area contributed by atoms with Gasteiger partial charge >= 0.3 is 0 Å². The van der Waals surface area contributed by atoms with Crippen LogP contribution in [0.4, 0.5) is 5.69 Å². The van der Waals surface area contributed by atoms with Crippen molar-refractivity contribution < 1.29 is 8.42 Å². The first-order valence-electron chi connectivity index (χ1n) is 4.34. The Hall–Kier alpha value is -0.590. The van der Waals surface area contributed by atoms with Crippen LogP contribution in [0, 0.1) is 13.8 Å². The Morgan fingerprint density at radius 2 is 1.67 bits per heavy atom. The normalized spacial score (nSPS) is 11.5. The highest BCUT2D eigenvalue weighted by Gasteiger charge is 2.08. The van der Waals surface area contributed by atoms with Crippen molar-refractivity contribution in [3.05, 3.63) is 27.7 Å². The number of hydrogen-bond donors (Lipinski definition) is 2. The SMILES string of the molecule is CNS(=O)(=O)Nc1cc(C)c(Br)c(C)c1.